The second kappa shape index (κ2) is 36.6. The third-order valence-corrected chi connectivity index (χ3v) is 10.9. The Morgan fingerprint density at radius 2 is 0.426 bits per heavy atom. The molecule has 2 nitrogen and oxygen atoms in total. The molecule has 0 atom stereocenters. The van der Waals surface area contributed by atoms with Gasteiger partial charge in [0.1, 0.15) is 11.6 Å². The molecule has 0 aliphatic carbocycles. The van der Waals surface area contributed by atoms with Crippen molar-refractivity contribution in [3.8, 4) is 0 Å². The lowest BCUT2D eigenvalue weighted by Crippen LogP contribution is -2.33. The molecule has 0 fully saturated rings. The molecule has 2 heteroatoms. The highest BCUT2D eigenvalue weighted by Gasteiger charge is 2.33. The molecule has 0 aliphatic rings. The van der Waals surface area contributed by atoms with Crippen molar-refractivity contribution in [2.75, 3.05) is 0 Å². The summed E-state index contributed by atoms with van der Waals surface area (Å²) in [5.74, 6) is 0.336. The molecule has 0 saturated carbocycles. The SMILES string of the molecule is CCCCCCCCCCCCCCCCCCCCC(=O)C(C)(C)C(=O)CCCCCCCCCCCCCCCCCCCC. The highest BCUT2D eigenvalue weighted by atomic mass is 16.2. The van der Waals surface area contributed by atoms with Crippen molar-refractivity contribution >= 4 is 11.6 Å². The molecule has 0 saturated heterocycles. The van der Waals surface area contributed by atoms with E-state index in [1.165, 1.54) is 205 Å². The minimum atomic E-state index is -0.788. The Bertz CT molecular complexity index is 596. The van der Waals surface area contributed by atoms with E-state index in [-0.39, 0.29) is 11.6 Å². The minimum absolute atomic E-state index is 0.168. The average Bonchev–Trinajstić information content (AvgIpc) is 3.06. The van der Waals surface area contributed by atoms with Gasteiger partial charge in [0.2, 0.25) is 0 Å². The Morgan fingerprint density at radius 1 is 0.277 bits per heavy atom. The molecule has 0 aromatic heterocycles. The number of ketones is 2. The van der Waals surface area contributed by atoms with Gasteiger partial charge in [0.05, 0.1) is 5.41 Å². The molecule has 0 amide bonds. The van der Waals surface area contributed by atoms with E-state index in [1.807, 2.05) is 13.8 Å². The molecule has 0 spiro atoms. The van der Waals surface area contributed by atoms with Crippen molar-refractivity contribution in [1.29, 1.82) is 0 Å². The molecule has 0 bridgehead atoms. The zero-order valence-electron chi connectivity index (χ0n) is 33.2. The van der Waals surface area contributed by atoms with E-state index < -0.39 is 5.41 Å². The number of carbonyl (C=O) groups excluding carboxylic acids is 2. The minimum Gasteiger partial charge on any atom is -0.299 e. The van der Waals surface area contributed by atoms with Gasteiger partial charge >= 0.3 is 0 Å². The number of carbonyl (C=O) groups is 2. The number of unbranched alkanes of at least 4 members (excludes halogenated alkanes) is 34. The summed E-state index contributed by atoms with van der Waals surface area (Å²) in [5.41, 5.74) is -0.788. The summed E-state index contributed by atoms with van der Waals surface area (Å²) in [6.07, 6.45) is 50.0. The number of Topliss-reactive ketones (excluding diaryl/α,β-unsaturated/α-hetero) is 2. The van der Waals surface area contributed by atoms with Crippen LogP contribution in [0.5, 0.6) is 0 Å². The maximum Gasteiger partial charge on any atom is 0.145 e. The molecule has 0 aromatic rings. The lowest BCUT2D eigenvalue weighted by Gasteiger charge is -2.21. The van der Waals surface area contributed by atoms with Crippen LogP contribution >= 0.6 is 0 Å². The summed E-state index contributed by atoms with van der Waals surface area (Å²) in [6.45, 7) is 8.33. The van der Waals surface area contributed by atoms with Crippen molar-refractivity contribution in [3.05, 3.63) is 0 Å². The van der Waals surface area contributed by atoms with Gasteiger partial charge in [-0.1, -0.05) is 232 Å². The first-order valence-electron chi connectivity index (χ1n) is 22.0. The van der Waals surface area contributed by atoms with Crippen molar-refractivity contribution < 1.29 is 9.59 Å². The van der Waals surface area contributed by atoms with Crippen LogP contribution in [0, 0.1) is 5.41 Å². The van der Waals surface area contributed by atoms with E-state index >= 15 is 0 Å². The third-order valence-electron chi connectivity index (χ3n) is 10.9. The summed E-state index contributed by atoms with van der Waals surface area (Å²) in [4.78, 5) is 25.7. The van der Waals surface area contributed by atoms with E-state index in [1.54, 1.807) is 0 Å². The summed E-state index contributed by atoms with van der Waals surface area (Å²) >= 11 is 0. The van der Waals surface area contributed by atoms with E-state index in [0.29, 0.717) is 12.8 Å². The maximum atomic E-state index is 12.8. The van der Waals surface area contributed by atoms with Crippen LogP contribution in [0.4, 0.5) is 0 Å². The van der Waals surface area contributed by atoms with E-state index in [4.69, 9.17) is 0 Å². The molecule has 0 aliphatic heterocycles. The van der Waals surface area contributed by atoms with Gasteiger partial charge in [-0.25, -0.2) is 0 Å². The zero-order valence-corrected chi connectivity index (χ0v) is 33.2. The fourth-order valence-corrected chi connectivity index (χ4v) is 7.15. The smallest absolute Gasteiger partial charge is 0.145 e. The zero-order chi connectivity index (χ0) is 34.5. The highest BCUT2D eigenvalue weighted by molar-refractivity contribution is 6.06. The van der Waals surface area contributed by atoms with E-state index in [2.05, 4.69) is 13.8 Å². The predicted octanol–water partition coefficient (Wildman–Crippen LogP) is 16.0. The fourth-order valence-electron chi connectivity index (χ4n) is 7.15. The van der Waals surface area contributed by atoms with Gasteiger partial charge < -0.3 is 0 Å². The molecule has 0 unspecified atom stereocenters. The molecule has 0 heterocycles. The van der Waals surface area contributed by atoms with E-state index in [9.17, 15) is 9.59 Å². The highest BCUT2D eigenvalue weighted by Crippen LogP contribution is 2.25. The first-order chi connectivity index (χ1) is 23.0. The lowest BCUT2D eigenvalue weighted by atomic mass is 9.79. The van der Waals surface area contributed by atoms with Crippen LogP contribution in [0.1, 0.15) is 272 Å². The summed E-state index contributed by atoms with van der Waals surface area (Å²) in [5, 5.41) is 0. The van der Waals surface area contributed by atoms with Gasteiger partial charge in [-0.2, -0.15) is 0 Å². The average molecular weight is 661 g/mol. The van der Waals surface area contributed by atoms with Crippen molar-refractivity contribution in [3.63, 3.8) is 0 Å². The topological polar surface area (TPSA) is 34.1 Å². The van der Waals surface area contributed by atoms with Crippen LogP contribution in [0.3, 0.4) is 0 Å². The second-order valence-electron chi connectivity index (χ2n) is 16.0. The standard InChI is InChI=1S/C45H88O2/c1-5-7-9-11-13-15-17-19-21-23-25-27-29-31-33-35-37-39-41-43(46)45(3,4)44(47)42-40-38-36-34-32-30-28-26-24-22-20-18-16-14-12-10-8-6-2/h5-42H2,1-4H3. The van der Waals surface area contributed by atoms with Crippen LogP contribution < -0.4 is 0 Å². The van der Waals surface area contributed by atoms with Crippen LogP contribution in [0.25, 0.3) is 0 Å². The fraction of sp³-hybridized carbons (Fsp3) is 0.956. The Hall–Kier alpha value is -0.660. The van der Waals surface area contributed by atoms with Crippen LogP contribution in [0.15, 0.2) is 0 Å². The summed E-state index contributed by atoms with van der Waals surface area (Å²) in [7, 11) is 0. The summed E-state index contributed by atoms with van der Waals surface area (Å²) < 4.78 is 0. The van der Waals surface area contributed by atoms with Crippen LogP contribution in [-0.2, 0) is 9.59 Å². The number of rotatable bonds is 40. The first-order valence-corrected chi connectivity index (χ1v) is 22.0. The Balaban J connectivity index is 3.49. The molecule has 47 heavy (non-hydrogen) atoms. The third kappa shape index (κ3) is 32.3. The molecule has 0 aromatic carbocycles. The van der Waals surface area contributed by atoms with Crippen molar-refractivity contribution in [1.82, 2.24) is 0 Å². The van der Waals surface area contributed by atoms with Gasteiger partial charge in [-0.3, -0.25) is 9.59 Å². The van der Waals surface area contributed by atoms with Gasteiger partial charge in [-0.15, -0.1) is 0 Å². The van der Waals surface area contributed by atoms with Crippen LogP contribution in [0.2, 0.25) is 0 Å². The van der Waals surface area contributed by atoms with Gasteiger partial charge in [0.25, 0.3) is 0 Å². The largest absolute Gasteiger partial charge is 0.299 e. The Labute approximate surface area is 297 Å². The number of hydrogen-bond acceptors (Lipinski definition) is 2. The second-order valence-corrected chi connectivity index (χ2v) is 16.0. The van der Waals surface area contributed by atoms with Crippen molar-refractivity contribution in [2.45, 2.75) is 272 Å². The molecule has 0 radical (unpaired) electrons. The predicted molar refractivity (Wildman–Crippen MR) is 211 cm³/mol. The normalized spacial score (nSPS) is 11.8. The molecule has 0 rings (SSSR count). The molecule has 280 valence electrons. The molecular formula is C45H88O2. The molecule has 0 N–H and O–H groups in total. The maximum absolute atomic E-state index is 12.8. The number of hydrogen-bond donors (Lipinski definition) is 0. The van der Waals surface area contributed by atoms with Gasteiger partial charge in [0.15, 0.2) is 0 Å². The quantitative estimate of drug-likeness (QED) is 0.0484. The first kappa shape index (κ1) is 46.3. The van der Waals surface area contributed by atoms with E-state index in [0.717, 1.165) is 25.7 Å². The Morgan fingerprint density at radius 3 is 0.596 bits per heavy atom. The van der Waals surface area contributed by atoms with Crippen LogP contribution in [-0.4, -0.2) is 11.6 Å². The van der Waals surface area contributed by atoms with Gasteiger partial charge in [0, 0.05) is 12.8 Å². The monoisotopic (exact) mass is 661 g/mol. The van der Waals surface area contributed by atoms with Crippen molar-refractivity contribution in [2.24, 2.45) is 5.41 Å². The summed E-state index contributed by atoms with van der Waals surface area (Å²) in [6, 6.07) is 0. The van der Waals surface area contributed by atoms with Gasteiger partial charge in [-0.05, 0) is 26.7 Å². The molecular weight excluding hydrogens is 572 g/mol. The lowest BCUT2D eigenvalue weighted by molar-refractivity contribution is -0.138. The Kier molecular flexibility index (Phi) is 36.1.